The van der Waals surface area contributed by atoms with Gasteiger partial charge in [-0.05, 0) is 32.0 Å². The molecule has 0 spiro atoms. The van der Waals surface area contributed by atoms with Crippen molar-refractivity contribution < 1.29 is 14.4 Å². The molecule has 0 radical (unpaired) electrons. The largest absolute Gasteiger partial charge is 0.345 e. The molecule has 3 heterocycles. The van der Waals surface area contributed by atoms with E-state index in [4.69, 9.17) is 11.6 Å². The highest BCUT2D eigenvalue weighted by Gasteiger charge is 2.30. The summed E-state index contributed by atoms with van der Waals surface area (Å²) >= 11 is 7.21. The zero-order valence-electron chi connectivity index (χ0n) is 17.7. The van der Waals surface area contributed by atoms with Crippen molar-refractivity contribution in [1.29, 1.82) is 0 Å². The number of nitrogens with one attached hydrogen (secondary N) is 3. The molecular weight excluding hydrogens is 452 g/mol. The van der Waals surface area contributed by atoms with Gasteiger partial charge in [-0.3, -0.25) is 19.3 Å². The number of halogens is 1. The minimum atomic E-state index is -0.811. The van der Waals surface area contributed by atoms with Crippen LogP contribution in [0.1, 0.15) is 52.5 Å². The van der Waals surface area contributed by atoms with Crippen LogP contribution in [0.15, 0.2) is 18.3 Å². The second kappa shape index (κ2) is 9.93. The Labute approximate surface area is 194 Å². The van der Waals surface area contributed by atoms with E-state index in [9.17, 15) is 14.4 Å². The Hall–Kier alpha value is -2.56. The summed E-state index contributed by atoms with van der Waals surface area (Å²) < 4.78 is 0. The van der Waals surface area contributed by atoms with Gasteiger partial charge in [0.15, 0.2) is 5.01 Å². The van der Waals surface area contributed by atoms with Gasteiger partial charge in [-0.25, -0.2) is 9.97 Å². The second-order valence-electron chi connectivity index (χ2n) is 8.17. The number of hydrogen-bond donors (Lipinski definition) is 3. The maximum Gasteiger partial charge on any atom is 0.314 e. The quantitative estimate of drug-likeness (QED) is 0.460. The van der Waals surface area contributed by atoms with Gasteiger partial charge in [-0.1, -0.05) is 30.9 Å². The van der Waals surface area contributed by atoms with Crippen molar-refractivity contribution in [2.24, 2.45) is 0 Å². The Morgan fingerprint density at radius 1 is 1.06 bits per heavy atom. The third-order valence-corrected chi connectivity index (χ3v) is 6.93. The molecule has 2 aromatic heterocycles. The number of nitrogens with zero attached hydrogens (tertiary/aromatic N) is 3. The van der Waals surface area contributed by atoms with Crippen LogP contribution in [0.3, 0.4) is 0 Å². The van der Waals surface area contributed by atoms with Gasteiger partial charge < -0.3 is 16.0 Å². The molecule has 3 N–H and O–H groups in total. The number of anilines is 1. The molecule has 3 amide bonds. The Morgan fingerprint density at radius 3 is 2.50 bits per heavy atom. The summed E-state index contributed by atoms with van der Waals surface area (Å²) in [6.07, 6.45) is 5.66. The van der Waals surface area contributed by atoms with Crippen molar-refractivity contribution in [2.45, 2.75) is 57.3 Å². The molecule has 0 bridgehead atoms. The predicted octanol–water partition coefficient (Wildman–Crippen LogP) is 2.32. The van der Waals surface area contributed by atoms with E-state index >= 15 is 0 Å². The molecule has 1 aliphatic heterocycles. The lowest BCUT2D eigenvalue weighted by molar-refractivity contribution is -0.136. The smallest absolute Gasteiger partial charge is 0.314 e. The van der Waals surface area contributed by atoms with E-state index in [-0.39, 0.29) is 23.8 Å². The number of rotatable bonds is 4. The molecule has 2 aliphatic rings. The van der Waals surface area contributed by atoms with Gasteiger partial charge >= 0.3 is 11.8 Å². The van der Waals surface area contributed by atoms with Crippen LogP contribution in [0.5, 0.6) is 0 Å². The molecule has 2 atom stereocenters. The minimum absolute atomic E-state index is 0.229. The highest BCUT2D eigenvalue weighted by atomic mass is 35.5. The minimum Gasteiger partial charge on any atom is -0.345 e. The normalized spacial score (nSPS) is 20.8. The van der Waals surface area contributed by atoms with Crippen molar-refractivity contribution in [3.8, 4) is 0 Å². The van der Waals surface area contributed by atoms with Gasteiger partial charge in [0.05, 0.1) is 10.7 Å². The van der Waals surface area contributed by atoms with Crippen LogP contribution in [0.2, 0.25) is 5.02 Å². The first-order valence-electron chi connectivity index (χ1n) is 10.6. The highest BCUT2D eigenvalue weighted by Crippen LogP contribution is 2.27. The number of carbonyl (C=O) groups is 3. The van der Waals surface area contributed by atoms with E-state index in [0.717, 1.165) is 49.3 Å². The van der Waals surface area contributed by atoms with E-state index in [2.05, 4.69) is 30.8 Å². The molecule has 2 aromatic rings. The maximum atomic E-state index is 12.9. The fourth-order valence-electron chi connectivity index (χ4n) is 4.02. The van der Waals surface area contributed by atoms with E-state index in [0.29, 0.717) is 16.5 Å². The van der Waals surface area contributed by atoms with Gasteiger partial charge in [-0.15, -0.1) is 11.3 Å². The summed E-state index contributed by atoms with van der Waals surface area (Å²) in [5, 5.41) is 9.19. The first-order valence-corrected chi connectivity index (χ1v) is 11.8. The number of aromatic nitrogens is 2. The molecule has 4 rings (SSSR count). The molecule has 1 fully saturated rings. The van der Waals surface area contributed by atoms with Crippen LogP contribution in [-0.2, 0) is 22.7 Å². The van der Waals surface area contributed by atoms with Gasteiger partial charge in [-0.2, -0.15) is 0 Å². The third-order valence-electron chi connectivity index (χ3n) is 5.63. The molecule has 11 heteroatoms. The lowest BCUT2D eigenvalue weighted by atomic mass is 10.0. The molecule has 0 aromatic carbocycles. The SMILES string of the molecule is CN1Cc2nc(C(=O)N[C@@H]3CCCCC[C@H]3NC(=O)C(=O)Nc3ccc(Cl)cn3)sc2C1. The zero-order chi connectivity index (χ0) is 22.7. The van der Waals surface area contributed by atoms with Crippen LogP contribution >= 0.6 is 22.9 Å². The lowest BCUT2D eigenvalue weighted by Crippen LogP contribution is -2.53. The average molecular weight is 477 g/mol. The summed E-state index contributed by atoms with van der Waals surface area (Å²) in [6.45, 7) is 1.55. The second-order valence-corrected chi connectivity index (χ2v) is 9.69. The van der Waals surface area contributed by atoms with Gasteiger partial charge in [0.2, 0.25) is 0 Å². The number of fused-ring (bicyclic) bond motifs is 1. The number of hydrogen-bond acceptors (Lipinski definition) is 7. The van der Waals surface area contributed by atoms with E-state index in [1.165, 1.54) is 23.6 Å². The zero-order valence-corrected chi connectivity index (χ0v) is 19.3. The maximum absolute atomic E-state index is 12.9. The highest BCUT2D eigenvalue weighted by molar-refractivity contribution is 7.13. The lowest BCUT2D eigenvalue weighted by Gasteiger charge is -2.26. The van der Waals surface area contributed by atoms with Crippen LogP contribution < -0.4 is 16.0 Å². The van der Waals surface area contributed by atoms with Crippen LogP contribution in [0.4, 0.5) is 5.82 Å². The van der Waals surface area contributed by atoms with E-state index in [1.54, 1.807) is 6.07 Å². The molecule has 9 nitrogen and oxygen atoms in total. The molecule has 0 unspecified atom stereocenters. The average Bonchev–Trinajstić information content (AvgIpc) is 3.22. The van der Waals surface area contributed by atoms with Crippen molar-refractivity contribution >= 4 is 46.5 Å². The molecule has 32 heavy (non-hydrogen) atoms. The van der Waals surface area contributed by atoms with Gasteiger partial charge in [0.25, 0.3) is 5.91 Å². The first kappa shape index (κ1) is 22.6. The summed E-state index contributed by atoms with van der Waals surface area (Å²) in [6, 6.07) is 2.49. The number of amides is 3. The van der Waals surface area contributed by atoms with Crippen LogP contribution in [0.25, 0.3) is 0 Å². The van der Waals surface area contributed by atoms with Gasteiger partial charge in [0, 0.05) is 36.2 Å². The molecule has 1 aliphatic carbocycles. The number of pyridine rings is 1. The summed E-state index contributed by atoms with van der Waals surface area (Å²) in [5.41, 5.74) is 0.959. The third kappa shape index (κ3) is 5.43. The summed E-state index contributed by atoms with van der Waals surface area (Å²) in [4.78, 5) is 49.4. The van der Waals surface area contributed by atoms with Crippen molar-refractivity contribution in [1.82, 2.24) is 25.5 Å². The van der Waals surface area contributed by atoms with Crippen LogP contribution in [-0.4, -0.2) is 51.7 Å². The van der Waals surface area contributed by atoms with Crippen molar-refractivity contribution in [3.63, 3.8) is 0 Å². The Bertz CT molecular complexity index is 988. The predicted molar refractivity (Wildman–Crippen MR) is 121 cm³/mol. The number of carbonyl (C=O) groups excluding carboxylic acids is 3. The topological polar surface area (TPSA) is 116 Å². The summed E-state index contributed by atoms with van der Waals surface area (Å²) in [5.74, 6) is -1.56. The first-order chi connectivity index (χ1) is 15.4. The Morgan fingerprint density at radius 2 is 1.81 bits per heavy atom. The van der Waals surface area contributed by atoms with E-state index < -0.39 is 11.8 Å². The summed E-state index contributed by atoms with van der Waals surface area (Å²) in [7, 11) is 2.02. The monoisotopic (exact) mass is 476 g/mol. The van der Waals surface area contributed by atoms with Crippen molar-refractivity contribution in [3.05, 3.63) is 38.9 Å². The van der Waals surface area contributed by atoms with E-state index in [1.807, 2.05) is 7.05 Å². The fourth-order valence-corrected chi connectivity index (χ4v) is 5.19. The fraction of sp³-hybridized carbons (Fsp3) is 0.476. The Kier molecular flexibility index (Phi) is 7.02. The molecular formula is C21H25ClN6O3S. The van der Waals surface area contributed by atoms with Crippen molar-refractivity contribution in [2.75, 3.05) is 12.4 Å². The molecule has 1 saturated carbocycles. The molecule has 170 valence electrons. The number of thiazole rings is 1. The standard InChI is InChI=1S/C21H25ClN6O3S/c1-28-10-15-16(11-28)32-21(26-15)20(31)25-14-6-4-2-3-5-13(14)24-18(29)19(30)27-17-8-7-12(22)9-23-17/h7-9,13-14H,2-6,10-11H2,1H3,(H,24,29)(H,25,31)(H,23,27,30)/t13-,14-/m1/s1. The molecule has 0 saturated heterocycles. The van der Waals surface area contributed by atoms with Crippen LogP contribution in [0, 0.1) is 0 Å². The Balaban J connectivity index is 1.38. The van der Waals surface area contributed by atoms with Gasteiger partial charge in [0.1, 0.15) is 5.82 Å².